The molecule has 2 amide bonds. The van der Waals surface area contributed by atoms with E-state index < -0.39 is 6.04 Å². The van der Waals surface area contributed by atoms with Gasteiger partial charge in [0.05, 0.1) is 15.8 Å². The van der Waals surface area contributed by atoms with Gasteiger partial charge in [-0.3, -0.25) is 9.59 Å². The molecule has 2 aromatic rings. The van der Waals surface area contributed by atoms with Gasteiger partial charge in [-0.25, -0.2) is 4.39 Å². The van der Waals surface area contributed by atoms with Crippen LogP contribution in [0.3, 0.4) is 0 Å². The van der Waals surface area contributed by atoms with Gasteiger partial charge in [-0.05, 0) is 49.1 Å². The van der Waals surface area contributed by atoms with Crippen molar-refractivity contribution in [3.05, 3.63) is 69.5 Å². The monoisotopic (exact) mass is 496 g/mol. The molecule has 1 aliphatic carbocycles. The average molecular weight is 497 g/mol. The van der Waals surface area contributed by atoms with Gasteiger partial charge in [-0.15, -0.1) is 11.8 Å². The Labute approximate surface area is 202 Å². The summed E-state index contributed by atoms with van der Waals surface area (Å²) in [5.41, 5.74) is 1.33. The normalized spacial score (nSPS) is 14.9. The Kier molecular flexibility index (Phi) is 9.26. The van der Waals surface area contributed by atoms with Crippen LogP contribution in [0.15, 0.2) is 42.5 Å². The van der Waals surface area contributed by atoms with Gasteiger partial charge < -0.3 is 10.2 Å². The number of rotatable bonds is 9. The fourth-order valence-corrected chi connectivity index (χ4v) is 4.97. The quantitative estimate of drug-likeness (QED) is 0.474. The molecule has 1 saturated carbocycles. The number of carbonyl (C=O) groups is 2. The standard InChI is InChI=1S/C24H27Cl2FN2O2S/c1-16(24(31)28-19-7-3-4-8-19)29(13-17-10-11-20(25)21(26)12-17)23(30)15-32-14-18-6-2-5-9-22(18)27/h2,5-6,9-12,16,19H,3-4,7-8,13-15H2,1H3,(H,28,31). The number of thioether (sulfide) groups is 1. The first-order chi connectivity index (χ1) is 15.3. The van der Waals surface area contributed by atoms with Crippen LogP contribution in [0.1, 0.15) is 43.7 Å². The fourth-order valence-electron chi connectivity index (χ4n) is 3.76. The maximum atomic E-state index is 13.9. The molecule has 8 heteroatoms. The highest BCUT2D eigenvalue weighted by atomic mass is 35.5. The largest absolute Gasteiger partial charge is 0.352 e. The first kappa shape index (κ1) is 24.9. The summed E-state index contributed by atoms with van der Waals surface area (Å²) in [6.07, 6.45) is 4.16. The van der Waals surface area contributed by atoms with E-state index in [9.17, 15) is 14.0 Å². The van der Waals surface area contributed by atoms with E-state index in [-0.39, 0.29) is 36.0 Å². The molecular formula is C24H27Cl2FN2O2S. The van der Waals surface area contributed by atoms with Crippen molar-refractivity contribution >= 4 is 46.8 Å². The summed E-state index contributed by atoms with van der Waals surface area (Å²) in [5.74, 6) is -0.126. The molecule has 1 fully saturated rings. The Morgan fingerprint density at radius 3 is 2.56 bits per heavy atom. The Morgan fingerprint density at radius 2 is 1.88 bits per heavy atom. The third kappa shape index (κ3) is 6.87. The fraction of sp³-hybridized carbons (Fsp3) is 0.417. The number of benzene rings is 2. The van der Waals surface area contributed by atoms with Crippen molar-refractivity contribution < 1.29 is 14.0 Å². The van der Waals surface area contributed by atoms with Crippen molar-refractivity contribution in [3.8, 4) is 0 Å². The first-order valence-corrected chi connectivity index (χ1v) is 12.6. The highest BCUT2D eigenvalue weighted by Gasteiger charge is 2.28. The number of carbonyl (C=O) groups excluding carboxylic acids is 2. The van der Waals surface area contributed by atoms with E-state index in [4.69, 9.17) is 23.2 Å². The van der Waals surface area contributed by atoms with Crippen LogP contribution in [0.5, 0.6) is 0 Å². The van der Waals surface area contributed by atoms with Crippen LogP contribution in [-0.2, 0) is 21.9 Å². The van der Waals surface area contributed by atoms with Gasteiger partial charge in [-0.1, -0.05) is 60.3 Å². The van der Waals surface area contributed by atoms with Crippen molar-refractivity contribution in [2.75, 3.05) is 5.75 Å². The maximum absolute atomic E-state index is 13.9. The second-order valence-electron chi connectivity index (χ2n) is 8.02. The molecule has 1 aliphatic rings. The highest BCUT2D eigenvalue weighted by Crippen LogP contribution is 2.25. The summed E-state index contributed by atoms with van der Waals surface area (Å²) in [6, 6.07) is 11.2. The minimum Gasteiger partial charge on any atom is -0.352 e. The molecule has 4 nitrogen and oxygen atoms in total. The smallest absolute Gasteiger partial charge is 0.242 e. The molecule has 0 aliphatic heterocycles. The zero-order valence-corrected chi connectivity index (χ0v) is 20.3. The Morgan fingerprint density at radius 1 is 1.16 bits per heavy atom. The molecular weight excluding hydrogens is 470 g/mol. The summed E-state index contributed by atoms with van der Waals surface area (Å²) in [5, 5.41) is 3.90. The van der Waals surface area contributed by atoms with Gasteiger partial charge >= 0.3 is 0 Å². The zero-order chi connectivity index (χ0) is 23.1. The van der Waals surface area contributed by atoms with Gasteiger partial charge in [0.15, 0.2) is 0 Å². The summed E-state index contributed by atoms with van der Waals surface area (Å²) in [6.45, 7) is 1.97. The molecule has 2 aromatic carbocycles. The Hall–Kier alpha value is -1.76. The maximum Gasteiger partial charge on any atom is 0.242 e. The molecule has 1 unspecified atom stereocenters. The van der Waals surface area contributed by atoms with Gasteiger partial charge in [0.25, 0.3) is 0 Å². The number of nitrogens with one attached hydrogen (secondary N) is 1. The molecule has 172 valence electrons. The molecule has 0 bridgehead atoms. The lowest BCUT2D eigenvalue weighted by atomic mass is 10.1. The number of nitrogens with zero attached hydrogens (tertiary/aromatic N) is 1. The number of hydrogen-bond acceptors (Lipinski definition) is 3. The van der Waals surface area contributed by atoms with Crippen LogP contribution in [0.4, 0.5) is 4.39 Å². The van der Waals surface area contributed by atoms with E-state index in [0.29, 0.717) is 21.4 Å². The highest BCUT2D eigenvalue weighted by molar-refractivity contribution is 7.99. The summed E-state index contributed by atoms with van der Waals surface area (Å²) < 4.78 is 13.9. The second-order valence-corrected chi connectivity index (χ2v) is 9.82. The van der Waals surface area contributed by atoms with E-state index >= 15 is 0 Å². The Bertz CT molecular complexity index is 953. The molecule has 0 heterocycles. The van der Waals surface area contributed by atoms with E-state index in [2.05, 4.69) is 5.32 Å². The van der Waals surface area contributed by atoms with Gasteiger partial charge in [0.2, 0.25) is 11.8 Å². The summed E-state index contributed by atoms with van der Waals surface area (Å²) in [7, 11) is 0. The predicted octanol–water partition coefficient (Wildman–Crippen LogP) is 5.84. The van der Waals surface area contributed by atoms with Crippen molar-refractivity contribution in [2.24, 2.45) is 0 Å². The minimum atomic E-state index is -0.647. The topological polar surface area (TPSA) is 49.4 Å². The van der Waals surface area contributed by atoms with Crippen LogP contribution in [0.25, 0.3) is 0 Å². The number of halogens is 3. The summed E-state index contributed by atoms with van der Waals surface area (Å²) >= 11 is 13.5. The Balaban J connectivity index is 1.69. The molecule has 0 aromatic heterocycles. The van der Waals surface area contributed by atoms with Crippen molar-refractivity contribution in [2.45, 2.75) is 57.0 Å². The molecule has 3 rings (SSSR count). The van der Waals surface area contributed by atoms with Crippen molar-refractivity contribution in [1.82, 2.24) is 10.2 Å². The zero-order valence-electron chi connectivity index (χ0n) is 18.0. The molecule has 0 saturated heterocycles. The third-order valence-corrected chi connectivity index (χ3v) is 7.35. The van der Waals surface area contributed by atoms with E-state index in [0.717, 1.165) is 31.2 Å². The van der Waals surface area contributed by atoms with Gasteiger partial charge in [0.1, 0.15) is 11.9 Å². The van der Waals surface area contributed by atoms with E-state index in [1.807, 2.05) is 0 Å². The van der Waals surface area contributed by atoms with Gasteiger partial charge in [-0.2, -0.15) is 0 Å². The molecule has 32 heavy (non-hydrogen) atoms. The first-order valence-electron chi connectivity index (χ1n) is 10.7. The van der Waals surface area contributed by atoms with Crippen LogP contribution in [-0.4, -0.2) is 34.6 Å². The third-order valence-electron chi connectivity index (χ3n) is 5.65. The summed E-state index contributed by atoms with van der Waals surface area (Å²) in [4.78, 5) is 27.6. The lowest BCUT2D eigenvalue weighted by Gasteiger charge is -2.30. The molecule has 0 spiro atoms. The number of amides is 2. The van der Waals surface area contributed by atoms with Crippen molar-refractivity contribution in [3.63, 3.8) is 0 Å². The minimum absolute atomic E-state index is 0.136. The van der Waals surface area contributed by atoms with E-state index in [1.165, 1.54) is 17.8 Å². The van der Waals surface area contributed by atoms with Crippen LogP contribution in [0, 0.1) is 5.82 Å². The predicted molar refractivity (Wildman–Crippen MR) is 129 cm³/mol. The average Bonchev–Trinajstić information content (AvgIpc) is 3.28. The number of hydrogen-bond donors (Lipinski definition) is 1. The SMILES string of the molecule is CC(C(=O)NC1CCCC1)N(Cc1ccc(Cl)c(Cl)c1)C(=O)CSCc1ccccc1F. The lowest BCUT2D eigenvalue weighted by molar-refractivity contribution is -0.138. The van der Waals surface area contributed by atoms with E-state index in [1.54, 1.807) is 48.2 Å². The van der Waals surface area contributed by atoms with Crippen LogP contribution >= 0.6 is 35.0 Å². The molecule has 0 radical (unpaired) electrons. The van der Waals surface area contributed by atoms with Crippen LogP contribution in [0.2, 0.25) is 10.0 Å². The van der Waals surface area contributed by atoms with Crippen molar-refractivity contribution in [1.29, 1.82) is 0 Å². The molecule has 1 N–H and O–H groups in total. The van der Waals surface area contributed by atoms with Crippen LogP contribution < -0.4 is 5.32 Å². The van der Waals surface area contributed by atoms with Gasteiger partial charge in [0, 0.05) is 18.3 Å². The lowest BCUT2D eigenvalue weighted by Crippen LogP contribution is -2.50. The second kappa shape index (κ2) is 11.9. The molecule has 1 atom stereocenters.